The molecule has 0 N–H and O–H groups in total. The van der Waals surface area contributed by atoms with Crippen LogP contribution < -0.4 is 0 Å². The molecule has 0 saturated carbocycles. The SMILES string of the molecule is C[C@H]1CN(Cc2ccc(-c3nc(CCl)cs3)cc2)CCO1. The van der Waals surface area contributed by atoms with Gasteiger partial charge in [0.25, 0.3) is 0 Å². The van der Waals surface area contributed by atoms with Crippen LogP contribution in [0.4, 0.5) is 0 Å². The van der Waals surface area contributed by atoms with Crippen molar-refractivity contribution in [2.75, 3.05) is 19.7 Å². The van der Waals surface area contributed by atoms with Gasteiger partial charge in [-0.2, -0.15) is 0 Å². The van der Waals surface area contributed by atoms with Gasteiger partial charge in [0.15, 0.2) is 0 Å². The molecule has 2 aromatic rings. The van der Waals surface area contributed by atoms with E-state index in [1.807, 2.05) is 5.38 Å². The lowest BCUT2D eigenvalue weighted by atomic mass is 10.1. The maximum Gasteiger partial charge on any atom is 0.123 e. The third-order valence-corrected chi connectivity index (χ3v) is 4.83. The molecule has 2 heterocycles. The van der Waals surface area contributed by atoms with Crippen molar-refractivity contribution in [3.63, 3.8) is 0 Å². The summed E-state index contributed by atoms with van der Waals surface area (Å²) in [5, 5.41) is 3.06. The van der Waals surface area contributed by atoms with Crippen LogP contribution in [0.3, 0.4) is 0 Å². The zero-order valence-electron chi connectivity index (χ0n) is 12.1. The van der Waals surface area contributed by atoms with E-state index in [-0.39, 0.29) is 0 Å². The molecule has 1 aromatic carbocycles. The van der Waals surface area contributed by atoms with Crippen molar-refractivity contribution in [3.8, 4) is 10.6 Å². The highest BCUT2D eigenvalue weighted by Crippen LogP contribution is 2.25. The van der Waals surface area contributed by atoms with Crippen LogP contribution in [-0.4, -0.2) is 35.7 Å². The molecule has 3 nitrogen and oxygen atoms in total. The van der Waals surface area contributed by atoms with Crippen LogP contribution in [0.25, 0.3) is 10.6 Å². The van der Waals surface area contributed by atoms with E-state index in [4.69, 9.17) is 16.3 Å². The summed E-state index contributed by atoms with van der Waals surface area (Å²) in [5.41, 5.74) is 3.44. The first-order valence-electron chi connectivity index (χ1n) is 7.18. The fourth-order valence-corrected chi connectivity index (χ4v) is 3.60. The average molecular weight is 323 g/mol. The maximum atomic E-state index is 5.80. The first kappa shape index (κ1) is 15.0. The molecule has 0 spiro atoms. The summed E-state index contributed by atoms with van der Waals surface area (Å²) in [4.78, 5) is 6.96. The number of halogens is 1. The minimum absolute atomic E-state index is 0.335. The third-order valence-electron chi connectivity index (χ3n) is 3.62. The Balaban J connectivity index is 1.66. The summed E-state index contributed by atoms with van der Waals surface area (Å²) in [7, 11) is 0. The Kier molecular flexibility index (Phi) is 4.91. The molecule has 1 fully saturated rings. The topological polar surface area (TPSA) is 25.4 Å². The van der Waals surface area contributed by atoms with E-state index in [0.29, 0.717) is 12.0 Å². The van der Waals surface area contributed by atoms with Crippen LogP contribution in [0.2, 0.25) is 0 Å². The number of alkyl halides is 1. The Bertz CT molecular complexity index is 584. The second-order valence-electron chi connectivity index (χ2n) is 5.39. The summed E-state index contributed by atoms with van der Waals surface area (Å²) >= 11 is 7.45. The quantitative estimate of drug-likeness (QED) is 0.801. The van der Waals surface area contributed by atoms with E-state index in [2.05, 4.69) is 41.1 Å². The van der Waals surface area contributed by atoms with Crippen LogP contribution in [0.5, 0.6) is 0 Å². The number of rotatable bonds is 4. The van der Waals surface area contributed by atoms with Crippen molar-refractivity contribution in [2.45, 2.75) is 25.5 Å². The third kappa shape index (κ3) is 3.83. The molecular formula is C16H19ClN2OS. The lowest BCUT2D eigenvalue weighted by Crippen LogP contribution is -2.40. The molecule has 3 rings (SSSR count). The summed E-state index contributed by atoms with van der Waals surface area (Å²) in [6.07, 6.45) is 0.335. The molecule has 1 saturated heterocycles. The van der Waals surface area contributed by atoms with Crippen molar-refractivity contribution in [1.82, 2.24) is 9.88 Å². The Morgan fingerprint density at radius 1 is 1.38 bits per heavy atom. The van der Waals surface area contributed by atoms with Gasteiger partial charge in [-0.3, -0.25) is 4.90 Å². The highest BCUT2D eigenvalue weighted by Gasteiger charge is 2.16. The van der Waals surface area contributed by atoms with Crippen molar-refractivity contribution in [2.24, 2.45) is 0 Å². The zero-order valence-corrected chi connectivity index (χ0v) is 13.7. The smallest absolute Gasteiger partial charge is 0.123 e. The number of hydrogen-bond donors (Lipinski definition) is 0. The zero-order chi connectivity index (χ0) is 14.7. The first-order chi connectivity index (χ1) is 10.2. The van der Waals surface area contributed by atoms with Gasteiger partial charge in [-0.05, 0) is 12.5 Å². The Morgan fingerprint density at radius 3 is 2.86 bits per heavy atom. The Morgan fingerprint density at radius 2 is 2.19 bits per heavy atom. The highest BCUT2D eigenvalue weighted by atomic mass is 35.5. The lowest BCUT2D eigenvalue weighted by molar-refractivity contribution is -0.0212. The molecule has 1 aliphatic heterocycles. The first-order valence-corrected chi connectivity index (χ1v) is 8.59. The molecule has 1 aromatic heterocycles. The second kappa shape index (κ2) is 6.88. The van der Waals surface area contributed by atoms with E-state index < -0.39 is 0 Å². The van der Waals surface area contributed by atoms with Gasteiger partial charge in [-0.25, -0.2) is 4.98 Å². The van der Waals surface area contributed by atoms with E-state index in [1.54, 1.807) is 11.3 Å². The fourth-order valence-electron chi connectivity index (χ4n) is 2.55. The van der Waals surface area contributed by atoms with Gasteiger partial charge in [0.1, 0.15) is 5.01 Å². The number of thiazole rings is 1. The van der Waals surface area contributed by atoms with Crippen LogP contribution in [-0.2, 0) is 17.2 Å². The molecule has 0 radical (unpaired) electrons. The van der Waals surface area contributed by atoms with E-state index in [9.17, 15) is 0 Å². The molecular weight excluding hydrogens is 304 g/mol. The number of nitrogens with zero attached hydrogens (tertiary/aromatic N) is 2. The molecule has 1 atom stereocenters. The molecule has 0 unspecified atom stereocenters. The summed E-state index contributed by atoms with van der Waals surface area (Å²) in [6, 6.07) is 8.68. The average Bonchev–Trinajstić information content (AvgIpc) is 2.97. The second-order valence-corrected chi connectivity index (χ2v) is 6.52. The predicted molar refractivity (Wildman–Crippen MR) is 87.8 cm³/mol. The van der Waals surface area contributed by atoms with Gasteiger partial charge in [0.2, 0.25) is 0 Å². The van der Waals surface area contributed by atoms with Crippen LogP contribution >= 0.6 is 22.9 Å². The number of hydrogen-bond acceptors (Lipinski definition) is 4. The number of benzene rings is 1. The Labute approximate surface area is 134 Å². The van der Waals surface area contributed by atoms with E-state index in [1.165, 1.54) is 5.56 Å². The number of morpholine rings is 1. The molecule has 112 valence electrons. The molecule has 0 bridgehead atoms. The normalized spacial score (nSPS) is 19.8. The molecule has 1 aliphatic rings. The van der Waals surface area contributed by atoms with Gasteiger partial charge >= 0.3 is 0 Å². The standard InChI is InChI=1S/C16H19ClN2OS/c1-12-9-19(6-7-20-12)10-13-2-4-14(5-3-13)16-18-15(8-17)11-21-16/h2-5,11-12H,6-10H2,1H3/t12-/m0/s1. The number of ether oxygens (including phenoxy) is 1. The van der Waals surface area contributed by atoms with E-state index in [0.717, 1.165) is 42.5 Å². The summed E-state index contributed by atoms with van der Waals surface area (Å²) in [5.74, 6) is 0.476. The monoisotopic (exact) mass is 322 g/mol. The Hall–Kier alpha value is -0.940. The maximum absolute atomic E-state index is 5.80. The summed E-state index contributed by atoms with van der Waals surface area (Å²) in [6.45, 7) is 5.97. The van der Waals surface area contributed by atoms with Crippen molar-refractivity contribution >= 4 is 22.9 Å². The van der Waals surface area contributed by atoms with Gasteiger partial charge in [0.05, 0.1) is 24.3 Å². The fraction of sp³-hybridized carbons (Fsp3) is 0.438. The van der Waals surface area contributed by atoms with Gasteiger partial charge in [-0.1, -0.05) is 24.3 Å². The number of aromatic nitrogens is 1. The van der Waals surface area contributed by atoms with Crippen molar-refractivity contribution in [3.05, 3.63) is 40.9 Å². The van der Waals surface area contributed by atoms with Crippen molar-refractivity contribution in [1.29, 1.82) is 0 Å². The summed E-state index contributed by atoms with van der Waals surface area (Å²) < 4.78 is 5.58. The van der Waals surface area contributed by atoms with E-state index >= 15 is 0 Å². The van der Waals surface area contributed by atoms with Gasteiger partial charge in [-0.15, -0.1) is 22.9 Å². The van der Waals surface area contributed by atoms with Crippen LogP contribution in [0.1, 0.15) is 18.2 Å². The minimum Gasteiger partial charge on any atom is -0.376 e. The van der Waals surface area contributed by atoms with Crippen LogP contribution in [0.15, 0.2) is 29.6 Å². The van der Waals surface area contributed by atoms with Crippen LogP contribution in [0, 0.1) is 0 Å². The minimum atomic E-state index is 0.335. The largest absolute Gasteiger partial charge is 0.376 e. The highest BCUT2D eigenvalue weighted by molar-refractivity contribution is 7.13. The van der Waals surface area contributed by atoms with Gasteiger partial charge in [0, 0.05) is 30.6 Å². The van der Waals surface area contributed by atoms with Gasteiger partial charge < -0.3 is 4.74 Å². The molecule has 0 aliphatic carbocycles. The van der Waals surface area contributed by atoms with Crippen molar-refractivity contribution < 1.29 is 4.74 Å². The molecule has 5 heteroatoms. The molecule has 0 amide bonds. The molecule has 21 heavy (non-hydrogen) atoms. The predicted octanol–water partition coefficient (Wildman–Crippen LogP) is 3.77. The lowest BCUT2D eigenvalue weighted by Gasteiger charge is -2.31.